The lowest BCUT2D eigenvalue weighted by Crippen LogP contribution is -2.33. The lowest BCUT2D eigenvalue weighted by atomic mass is 10.0. The van der Waals surface area contributed by atoms with Crippen molar-refractivity contribution in [2.24, 2.45) is 0 Å². The van der Waals surface area contributed by atoms with Crippen LogP contribution in [0.15, 0.2) is 0 Å². The first-order chi connectivity index (χ1) is 14.6. The molecule has 0 aromatic rings. The van der Waals surface area contributed by atoms with Gasteiger partial charge in [0.25, 0.3) is 0 Å². The van der Waals surface area contributed by atoms with Gasteiger partial charge in [0.15, 0.2) is 0 Å². The first kappa shape index (κ1) is 29.7. The standard InChI is InChI=1S/C24H48O5S/c1-2-3-4-5-6-7-8-9-10-11-12-13-14-15-16-17-19-30-20-18-23(27)29-24(28)22(26)21-25/h22,24-26,28H,2-21H2,1H3. The van der Waals surface area contributed by atoms with Crippen LogP contribution in [0.2, 0.25) is 0 Å². The molecule has 0 saturated carbocycles. The van der Waals surface area contributed by atoms with Gasteiger partial charge >= 0.3 is 5.97 Å². The smallest absolute Gasteiger partial charge is 0.309 e. The first-order valence-electron chi connectivity index (χ1n) is 12.4. The summed E-state index contributed by atoms with van der Waals surface area (Å²) >= 11 is 1.72. The van der Waals surface area contributed by atoms with Crippen molar-refractivity contribution in [1.82, 2.24) is 0 Å². The normalized spacial score (nSPS) is 13.3. The van der Waals surface area contributed by atoms with Gasteiger partial charge in [-0.1, -0.05) is 103 Å². The highest BCUT2D eigenvalue weighted by molar-refractivity contribution is 7.99. The predicted molar refractivity (Wildman–Crippen MR) is 127 cm³/mol. The Morgan fingerprint density at radius 2 is 1.17 bits per heavy atom. The van der Waals surface area contributed by atoms with Crippen molar-refractivity contribution in [2.75, 3.05) is 18.1 Å². The zero-order valence-electron chi connectivity index (χ0n) is 19.4. The number of rotatable bonds is 23. The molecule has 5 nitrogen and oxygen atoms in total. The lowest BCUT2D eigenvalue weighted by molar-refractivity contribution is -0.190. The molecule has 0 spiro atoms. The highest BCUT2D eigenvalue weighted by Crippen LogP contribution is 2.15. The van der Waals surface area contributed by atoms with Gasteiger partial charge < -0.3 is 20.1 Å². The third-order valence-electron chi connectivity index (χ3n) is 5.36. The molecule has 0 radical (unpaired) electrons. The molecule has 0 aromatic carbocycles. The summed E-state index contributed by atoms with van der Waals surface area (Å²) in [6.45, 7) is 1.64. The number of unbranched alkanes of at least 4 members (excludes halogenated alkanes) is 15. The molecule has 0 bridgehead atoms. The van der Waals surface area contributed by atoms with E-state index in [1.165, 1.54) is 103 Å². The van der Waals surface area contributed by atoms with Crippen LogP contribution in [0.25, 0.3) is 0 Å². The van der Waals surface area contributed by atoms with Crippen molar-refractivity contribution in [2.45, 2.75) is 128 Å². The Kier molecular flexibility index (Phi) is 23.1. The molecule has 0 aliphatic rings. The van der Waals surface area contributed by atoms with Crippen LogP contribution in [0.1, 0.15) is 116 Å². The van der Waals surface area contributed by atoms with Crippen LogP contribution in [0, 0.1) is 0 Å². The number of hydrogen-bond donors (Lipinski definition) is 3. The number of hydrogen-bond acceptors (Lipinski definition) is 6. The fourth-order valence-corrected chi connectivity index (χ4v) is 4.30. The molecule has 6 heteroatoms. The Hall–Kier alpha value is -0.300. The Morgan fingerprint density at radius 1 is 0.733 bits per heavy atom. The molecule has 0 rings (SSSR count). The zero-order chi connectivity index (χ0) is 22.3. The maximum Gasteiger partial charge on any atom is 0.309 e. The summed E-state index contributed by atoms with van der Waals surface area (Å²) in [5.41, 5.74) is 0. The van der Waals surface area contributed by atoms with E-state index in [1.54, 1.807) is 11.8 Å². The van der Waals surface area contributed by atoms with Crippen molar-refractivity contribution >= 4 is 17.7 Å². The SMILES string of the molecule is CCCCCCCCCCCCCCCCCCSCCC(=O)OC(O)C(O)CO. The van der Waals surface area contributed by atoms with Crippen LogP contribution in [0.3, 0.4) is 0 Å². The van der Waals surface area contributed by atoms with E-state index in [1.807, 2.05) is 0 Å². The largest absolute Gasteiger partial charge is 0.433 e. The minimum absolute atomic E-state index is 0.207. The molecular formula is C24H48O5S. The molecular weight excluding hydrogens is 400 g/mol. The van der Waals surface area contributed by atoms with Crippen LogP contribution in [-0.2, 0) is 9.53 Å². The summed E-state index contributed by atoms with van der Waals surface area (Å²) < 4.78 is 4.63. The van der Waals surface area contributed by atoms with Gasteiger partial charge in [-0.05, 0) is 12.2 Å². The van der Waals surface area contributed by atoms with Gasteiger partial charge in [-0.2, -0.15) is 11.8 Å². The van der Waals surface area contributed by atoms with E-state index in [4.69, 9.17) is 10.2 Å². The first-order valence-corrected chi connectivity index (χ1v) is 13.5. The van der Waals surface area contributed by atoms with Crippen LogP contribution >= 0.6 is 11.8 Å². The Balaban J connectivity index is 3.19. The molecule has 30 heavy (non-hydrogen) atoms. The number of ether oxygens (including phenoxy) is 1. The van der Waals surface area contributed by atoms with Crippen molar-refractivity contribution in [3.63, 3.8) is 0 Å². The topological polar surface area (TPSA) is 87.0 Å². The number of esters is 1. The second-order valence-electron chi connectivity index (χ2n) is 8.30. The fourth-order valence-electron chi connectivity index (χ4n) is 3.37. The van der Waals surface area contributed by atoms with Crippen molar-refractivity contribution < 1.29 is 24.9 Å². The number of thioether (sulfide) groups is 1. The maximum atomic E-state index is 11.5. The summed E-state index contributed by atoms with van der Waals surface area (Å²) in [5, 5.41) is 27.1. The van der Waals surface area contributed by atoms with Crippen LogP contribution < -0.4 is 0 Å². The van der Waals surface area contributed by atoms with E-state index in [9.17, 15) is 9.90 Å². The molecule has 0 saturated heterocycles. The Bertz CT molecular complexity index is 368. The Labute approximate surface area is 189 Å². The number of aliphatic hydroxyl groups is 3. The third-order valence-corrected chi connectivity index (χ3v) is 6.43. The van der Waals surface area contributed by atoms with Gasteiger partial charge in [0.2, 0.25) is 6.29 Å². The molecule has 0 heterocycles. The maximum absolute atomic E-state index is 11.5. The van der Waals surface area contributed by atoms with Gasteiger partial charge in [-0.3, -0.25) is 4.79 Å². The molecule has 0 aliphatic carbocycles. The number of carbonyl (C=O) groups excluding carboxylic acids is 1. The zero-order valence-corrected chi connectivity index (χ0v) is 20.2. The van der Waals surface area contributed by atoms with E-state index in [0.29, 0.717) is 5.75 Å². The number of aliphatic hydroxyl groups excluding tert-OH is 3. The second-order valence-corrected chi connectivity index (χ2v) is 9.52. The Morgan fingerprint density at radius 3 is 1.60 bits per heavy atom. The average Bonchev–Trinajstić information content (AvgIpc) is 2.74. The quantitative estimate of drug-likeness (QED) is 0.107. The van der Waals surface area contributed by atoms with Gasteiger partial charge in [-0.25, -0.2) is 0 Å². The van der Waals surface area contributed by atoms with Gasteiger partial charge in [0.1, 0.15) is 6.10 Å². The summed E-state index contributed by atoms with van der Waals surface area (Å²) in [5.74, 6) is 1.14. The van der Waals surface area contributed by atoms with E-state index in [2.05, 4.69) is 11.7 Å². The van der Waals surface area contributed by atoms with Crippen LogP contribution in [-0.4, -0.2) is 51.8 Å². The van der Waals surface area contributed by atoms with Crippen molar-refractivity contribution in [1.29, 1.82) is 0 Å². The molecule has 0 fully saturated rings. The van der Waals surface area contributed by atoms with Crippen LogP contribution in [0.4, 0.5) is 0 Å². The second kappa shape index (κ2) is 23.4. The summed E-state index contributed by atoms with van der Waals surface area (Å²) in [7, 11) is 0. The van der Waals surface area contributed by atoms with Crippen molar-refractivity contribution in [3.05, 3.63) is 0 Å². The van der Waals surface area contributed by atoms with E-state index < -0.39 is 25.0 Å². The lowest BCUT2D eigenvalue weighted by Gasteiger charge is -2.15. The molecule has 0 aliphatic heterocycles. The van der Waals surface area contributed by atoms with Crippen molar-refractivity contribution in [3.8, 4) is 0 Å². The highest BCUT2D eigenvalue weighted by atomic mass is 32.2. The predicted octanol–water partition coefficient (Wildman–Crippen LogP) is 5.59. The minimum atomic E-state index is -1.65. The molecule has 180 valence electrons. The minimum Gasteiger partial charge on any atom is -0.433 e. The average molecular weight is 449 g/mol. The number of carbonyl (C=O) groups is 1. The fraction of sp³-hybridized carbons (Fsp3) is 0.958. The summed E-state index contributed by atoms with van der Waals surface area (Å²) in [4.78, 5) is 11.5. The molecule has 2 atom stereocenters. The van der Waals surface area contributed by atoms with E-state index in [-0.39, 0.29) is 6.42 Å². The molecule has 0 amide bonds. The summed E-state index contributed by atoms with van der Waals surface area (Å²) in [6.07, 6.45) is 19.0. The third kappa shape index (κ3) is 21.0. The molecule has 0 aromatic heterocycles. The van der Waals surface area contributed by atoms with Gasteiger partial charge in [-0.15, -0.1) is 0 Å². The van der Waals surface area contributed by atoms with Crippen LogP contribution in [0.5, 0.6) is 0 Å². The highest BCUT2D eigenvalue weighted by Gasteiger charge is 2.19. The van der Waals surface area contributed by atoms with Gasteiger partial charge in [0, 0.05) is 5.75 Å². The monoisotopic (exact) mass is 448 g/mol. The molecule has 3 N–H and O–H groups in total. The molecule has 2 unspecified atom stereocenters. The van der Waals surface area contributed by atoms with E-state index in [0.717, 1.165) is 5.75 Å². The van der Waals surface area contributed by atoms with Gasteiger partial charge in [0.05, 0.1) is 13.0 Å². The summed E-state index contributed by atoms with van der Waals surface area (Å²) in [6, 6.07) is 0. The van der Waals surface area contributed by atoms with E-state index >= 15 is 0 Å².